The van der Waals surface area contributed by atoms with Crippen molar-refractivity contribution in [2.75, 3.05) is 5.32 Å². The molecule has 6 heteroatoms. The van der Waals surface area contributed by atoms with Crippen molar-refractivity contribution >= 4 is 28.3 Å². The molecule has 2 aromatic rings. The zero-order valence-corrected chi connectivity index (χ0v) is 19.5. The molecule has 2 aliphatic carbocycles. The van der Waals surface area contributed by atoms with Crippen LogP contribution in [0.15, 0.2) is 40.8 Å². The van der Waals surface area contributed by atoms with E-state index >= 15 is 0 Å². The summed E-state index contributed by atoms with van der Waals surface area (Å²) in [5.74, 6) is -2.25. The molecule has 164 valence electrons. The lowest BCUT2D eigenvalue weighted by Gasteiger charge is -2.25. The van der Waals surface area contributed by atoms with Gasteiger partial charge in [-0.1, -0.05) is 56.2 Å². The lowest BCUT2D eigenvalue weighted by molar-refractivity contribution is -0.148. The van der Waals surface area contributed by atoms with Crippen LogP contribution in [0.25, 0.3) is 11.3 Å². The minimum absolute atomic E-state index is 0.0172. The lowest BCUT2D eigenvalue weighted by atomic mass is 9.79. The van der Waals surface area contributed by atoms with E-state index < -0.39 is 17.8 Å². The first-order chi connectivity index (χ1) is 14.6. The Labute approximate surface area is 187 Å². The number of carboxylic acids is 1. The molecule has 0 unspecified atom stereocenters. The normalized spacial score (nSPS) is 25.0. The minimum Gasteiger partial charge on any atom is -0.481 e. The molecule has 2 aliphatic rings. The average molecular weight is 439 g/mol. The number of benzene rings is 1. The summed E-state index contributed by atoms with van der Waals surface area (Å²) in [6.07, 6.45) is 1.74. The SMILES string of the molecule is CC(C)=C1[C@H]2CC[C@@H]1[C@@H](C(=O)Nc1nc(-c3ccc(C(C)(C)C)cc3)cs1)[C@H]2C(=O)O. The predicted molar refractivity (Wildman–Crippen MR) is 124 cm³/mol. The zero-order valence-electron chi connectivity index (χ0n) is 18.7. The van der Waals surface area contributed by atoms with E-state index in [2.05, 4.69) is 55.3 Å². The molecular formula is C25H30N2O3S. The first-order valence-corrected chi connectivity index (χ1v) is 11.7. The van der Waals surface area contributed by atoms with E-state index in [4.69, 9.17) is 0 Å². The number of allylic oxidation sites excluding steroid dienone is 2. The van der Waals surface area contributed by atoms with Crippen LogP contribution in [0.4, 0.5) is 5.13 Å². The van der Waals surface area contributed by atoms with Crippen LogP contribution >= 0.6 is 11.3 Å². The number of nitrogens with zero attached hydrogens (tertiary/aromatic N) is 1. The molecule has 4 atom stereocenters. The van der Waals surface area contributed by atoms with Crippen LogP contribution < -0.4 is 5.32 Å². The van der Waals surface area contributed by atoms with E-state index in [0.29, 0.717) is 5.13 Å². The van der Waals surface area contributed by atoms with Crippen LogP contribution in [-0.4, -0.2) is 22.0 Å². The highest BCUT2D eigenvalue weighted by Gasteiger charge is 2.57. The molecule has 0 spiro atoms. The Bertz CT molecular complexity index is 1040. The maximum Gasteiger partial charge on any atom is 0.307 e. The summed E-state index contributed by atoms with van der Waals surface area (Å²) in [5, 5.41) is 15.2. The summed E-state index contributed by atoms with van der Waals surface area (Å²) in [6, 6.07) is 8.33. The van der Waals surface area contributed by atoms with Gasteiger partial charge in [-0.2, -0.15) is 0 Å². The fraction of sp³-hybridized carbons (Fsp3) is 0.480. The van der Waals surface area contributed by atoms with Gasteiger partial charge in [0, 0.05) is 10.9 Å². The Balaban J connectivity index is 1.53. The van der Waals surface area contributed by atoms with Crippen molar-refractivity contribution in [3.8, 4) is 11.3 Å². The van der Waals surface area contributed by atoms with Crippen LogP contribution in [0.3, 0.4) is 0 Å². The largest absolute Gasteiger partial charge is 0.481 e. The molecular weight excluding hydrogens is 408 g/mol. The first kappa shape index (κ1) is 21.8. The minimum atomic E-state index is -0.870. The zero-order chi connectivity index (χ0) is 22.5. The Morgan fingerprint density at radius 1 is 1.06 bits per heavy atom. The second kappa shape index (κ2) is 7.90. The Hall–Kier alpha value is -2.47. The molecule has 2 bridgehead atoms. The van der Waals surface area contributed by atoms with Crippen LogP contribution in [0, 0.1) is 23.7 Å². The molecule has 2 fully saturated rings. The van der Waals surface area contributed by atoms with E-state index in [9.17, 15) is 14.7 Å². The number of fused-ring (bicyclic) bond motifs is 2. The van der Waals surface area contributed by atoms with Crippen molar-refractivity contribution in [3.63, 3.8) is 0 Å². The van der Waals surface area contributed by atoms with Crippen LogP contribution in [-0.2, 0) is 15.0 Å². The number of thiazole rings is 1. The van der Waals surface area contributed by atoms with Gasteiger partial charge >= 0.3 is 5.97 Å². The number of carbonyl (C=O) groups excluding carboxylic acids is 1. The third-order valence-corrected chi connectivity index (χ3v) is 7.55. The van der Waals surface area contributed by atoms with Gasteiger partial charge < -0.3 is 10.4 Å². The van der Waals surface area contributed by atoms with Gasteiger partial charge in [0.2, 0.25) is 5.91 Å². The van der Waals surface area contributed by atoms with Gasteiger partial charge in [0.05, 0.1) is 17.5 Å². The first-order valence-electron chi connectivity index (χ1n) is 10.9. The number of nitrogens with one attached hydrogen (secondary N) is 1. The van der Waals surface area contributed by atoms with E-state index in [1.54, 1.807) is 0 Å². The number of hydrogen-bond donors (Lipinski definition) is 2. The molecule has 2 saturated carbocycles. The number of aromatic nitrogens is 1. The number of rotatable bonds is 4. The van der Waals surface area contributed by atoms with E-state index in [1.807, 2.05) is 19.2 Å². The van der Waals surface area contributed by atoms with Crippen LogP contribution in [0.2, 0.25) is 0 Å². The van der Waals surface area contributed by atoms with Gasteiger partial charge in [-0.05, 0) is 49.5 Å². The molecule has 31 heavy (non-hydrogen) atoms. The van der Waals surface area contributed by atoms with E-state index in [0.717, 1.165) is 29.7 Å². The second-order valence-corrected chi connectivity index (χ2v) is 10.8. The highest BCUT2D eigenvalue weighted by molar-refractivity contribution is 7.14. The fourth-order valence-corrected chi connectivity index (χ4v) is 6.12. The maximum absolute atomic E-state index is 13.2. The third kappa shape index (κ3) is 3.93. The Kier molecular flexibility index (Phi) is 5.54. The molecule has 1 aromatic heterocycles. The van der Waals surface area contributed by atoms with Gasteiger partial charge in [-0.3, -0.25) is 9.59 Å². The van der Waals surface area contributed by atoms with E-state index in [-0.39, 0.29) is 23.2 Å². The van der Waals surface area contributed by atoms with Crippen LogP contribution in [0.1, 0.15) is 53.0 Å². The van der Waals surface area contributed by atoms with Gasteiger partial charge in [-0.25, -0.2) is 4.98 Å². The van der Waals surface area contributed by atoms with Crippen molar-refractivity contribution < 1.29 is 14.7 Å². The Morgan fingerprint density at radius 2 is 1.68 bits per heavy atom. The van der Waals surface area contributed by atoms with E-state index in [1.165, 1.54) is 22.5 Å². The lowest BCUT2D eigenvalue weighted by Crippen LogP contribution is -2.37. The number of anilines is 1. The van der Waals surface area contributed by atoms with Crippen molar-refractivity contribution in [3.05, 3.63) is 46.4 Å². The number of aliphatic carboxylic acids is 1. The number of hydrogen-bond acceptors (Lipinski definition) is 4. The molecule has 2 N–H and O–H groups in total. The van der Waals surface area contributed by atoms with Crippen molar-refractivity contribution in [2.45, 2.75) is 52.9 Å². The molecule has 0 saturated heterocycles. The predicted octanol–water partition coefficient (Wildman–Crippen LogP) is 5.74. The van der Waals surface area contributed by atoms with Crippen molar-refractivity contribution in [1.82, 2.24) is 4.98 Å². The number of carbonyl (C=O) groups is 2. The molecule has 0 radical (unpaired) electrons. The molecule has 1 aromatic carbocycles. The summed E-state index contributed by atoms with van der Waals surface area (Å²) in [5.41, 5.74) is 5.50. The number of carboxylic acid groups (broad SMARTS) is 1. The standard InChI is InChI=1S/C25H30N2O3S/c1-13(2)19-16-10-11-17(19)21(23(29)30)20(16)22(28)27-24-26-18(12-31-24)14-6-8-15(9-7-14)25(3,4)5/h6-9,12,16-17,20-21H,10-11H2,1-5H3,(H,29,30)(H,26,27,28)/t16-,17+,20+,21-/m0/s1. The van der Waals surface area contributed by atoms with Gasteiger partial charge in [0.25, 0.3) is 0 Å². The van der Waals surface area contributed by atoms with Gasteiger partial charge in [0.1, 0.15) is 0 Å². The molecule has 1 amide bonds. The van der Waals surface area contributed by atoms with Gasteiger partial charge in [0.15, 0.2) is 5.13 Å². The highest BCUT2D eigenvalue weighted by Crippen LogP contribution is 2.57. The monoisotopic (exact) mass is 438 g/mol. The van der Waals surface area contributed by atoms with Crippen LogP contribution in [0.5, 0.6) is 0 Å². The summed E-state index contributed by atoms with van der Waals surface area (Å²) in [6.45, 7) is 10.6. The third-order valence-electron chi connectivity index (χ3n) is 6.79. The Morgan fingerprint density at radius 3 is 2.23 bits per heavy atom. The van der Waals surface area contributed by atoms with Gasteiger partial charge in [-0.15, -0.1) is 11.3 Å². The van der Waals surface area contributed by atoms with Crippen molar-refractivity contribution in [1.29, 1.82) is 0 Å². The smallest absolute Gasteiger partial charge is 0.307 e. The fourth-order valence-electron chi connectivity index (χ4n) is 5.40. The molecule has 1 heterocycles. The maximum atomic E-state index is 13.2. The molecule has 5 nitrogen and oxygen atoms in total. The topological polar surface area (TPSA) is 79.3 Å². The summed E-state index contributed by atoms with van der Waals surface area (Å²) in [7, 11) is 0. The average Bonchev–Trinajstić information content (AvgIpc) is 3.40. The molecule has 4 rings (SSSR count). The summed E-state index contributed by atoms with van der Waals surface area (Å²) < 4.78 is 0. The highest BCUT2D eigenvalue weighted by atomic mass is 32.1. The molecule has 0 aliphatic heterocycles. The quantitative estimate of drug-likeness (QED) is 0.597. The number of amides is 1. The summed E-state index contributed by atoms with van der Waals surface area (Å²) >= 11 is 1.38. The van der Waals surface area contributed by atoms with Crippen molar-refractivity contribution in [2.24, 2.45) is 23.7 Å². The second-order valence-electron chi connectivity index (χ2n) is 9.99. The summed E-state index contributed by atoms with van der Waals surface area (Å²) in [4.78, 5) is 29.8.